The first-order chi connectivity index (χ1) is 16.0. The highest BCUT2D eigenvalue weighted by Crippen LogP contribution is 2.34. The van der Waals surface area contributed by atoms with Crippen molar-refractivity contribution < 1.29 is 14.3 Å². The van der Waals surface area contributed by atoms with Crippen LogP contribution in [0.25, 0.3) is 16.9 Å². The van der Waals surface area contributed by atoms with Crippen molar-refractivity contribution in [2.24, 2.45) is 0 Å². The standard InChI is InChI=1S/C26H32N4O3/c1-18-7-8-19(2)23(15-18)30-24(26(31)27-11-14-29-12-5-6-13-29)17-22(28-30)21-10-9-20(32-3)16-25(21)33-4/h7-10,15-17H,5-6,11-14H2,1-4H3,(H,27,31). The van der Waals surface area contributed by atoms with Crippen molar-refractivity contribution >= 4 is 5.91 Å². The number of likely N-dealkylation sites (tertiary alicyclic amines) is 1. The maximum atomic E-state index is 13.3. The summed E-state index contributed by atoms with van der Waals surface area (Å²) in [6, 6.07) is 13.6. The third kappa shape index (κ3) is 5.03. The fourth-order valence-corrected chi connectivity index (χ4v) is 4.24. The van der Waals surface area contributed by atoms with Crippen molar-refractivity contribution in [3.8, 4) is 28.4 Å². The van der Waals surface area contributed by atoms with Gasteiger partial charge in [0.25, 0.3) is 5.91 Å². The zero-order chi connectivity index (χ0) is 23.4. The Morgan fingerprint density at radius 2 is 1.82 bits per heavy atom. The number of hydrogen-bond donors (Lipinski definition) is 1. The Balaban J connectivity index is 1.70. The minimum absolute atomic E-state index is 0.138. The summed E-state index contributed by atoms with van der Waals surface area (Å²) in [6.45, 7) is 7.75. The van der Waals surface area contributed by atoms with E-state index in [0.29, 0.717) is 29.4 Å². The Bertz CT molecular complexity index is 1130. The SMILES string of the molecule is COc1ccc(-c2cc(C(=O)NCCN3CCCC3)n(-c3cc(C)ccc3C)n2)c(OC)c1. The summed E-state index contributed by atoms with van der Waals surface area (Å²) in [5.41, 5.74) is 5.00. The molecule has 1 amide bonds. The van der Waals surface area contributed by atoms with Crippen molar-refractivity contribution in [3.05, 3.63) is 59.3 Å². The van der Waals surface area contributed by atoms with Gasteiger partial charge in [-0.3, -0.25) is 4.79 Å². The lowest BCUT2D eigenvalue weighted by molar-refractivity contribution is 0.0942. The van der Waals surface area contributed by atoms with E-state index in [2.05, 4.69) is 28.4 Å². The molecule has 0 atom stereocenters. The molecule has 7 nitrogen and oxygen atoms in total. The summed E-state index contributed by atoms with van der Waals surface area (Å²) in [5, 5.41) is 7.94. The van der Waals surface area contributed by atoms with Crippen LogP contribution in [0.4, 0.5) is 0 Å². The molecule has 7 heteroatoms. The molecule has 0 spiro atoms. The van der Waals surface area contributed by atoms with Crippen molar-refractivity contribution in [1.82, 2.24) is 20.0 Å². The van der Waals surface area contributed by atoms with Gasteiger partial charge in [0, 0.05) is 24.7 Å². The van der Waals surface area contributed by atoms with Crippen LogP contribution < -0.4 is 14.8 Å². The quantitative estimate of drug-likeness (QED) is 0.564. The van der Waals surface area contributed by atoms with E-state index in [1.165, 1.54) is 12.8 Å². The van der Waals surface area contributed by atoms with Gasteiger partial charge >= 0.3 is 0 Å². The maximum absolute atomic E-state index is 13.3. The lowest BCUT2D eigenvalue weighted by Gasteiger charge is -2.15. The molecule has 1 aliphatic rings. The largest absolute Gasteiger partial charge is 0.497 e. The molecular formula is C26H32N4O3. The zero-order valence-corrected chi connectivity index (χ0v) is 19.9. The van der Waals surface area contributed by atoms with E-state index in [4.69, 9.17) is 14.6 Å². The molecule has 0 radical (unpaired) electrons. The molecule has 1 saturated heterocycles. The molecule has 1 fully saturated rings. The minimum Gasteiger partial charge on any atom is -0.497 e. The fourth-order valence-electron chi connectivity index (χ4n) is 4.24. The van der Waals surface area contributed by atoms with Gasteiger partial charge in [-0.05, 0) is 75.2 Å². The average molecular weight is 449 g/mol. The first kappa shape index (κ1) is 22.9. The predicted molar refractivity (Wildman–Crippen MR) is 130 cm³/mol. The van der Waals surface area contributed by atoms with Gasteiger partial charge in [-0.1, -0.05) is 12.1 Å². The smallest absolute Gasteiger partial charge is 0.270 e. The van der Waals surface area contributed by atoms with Gasteiger partial charge in [-0.25, -0.2) is 4.68 Å². The highest BCUT2D eigenvalue weighted by Gasteiger charge is 2.21. The lowest BCUT2D eigenvalue weighted by Crippen LogP contribution is -2.34. The van der Waals surface area contributed by atoms with Gasteiger partial charge in [-0.15, -0.1) is 0 Å². The average Bonchev–Trinajstić information content (AvgIpc) is 3.50. The van der Waals surface area contributed by atoms with Gasteiger partial charge in [0.05, 0.1) is 25.6 Å². The van der Waals surface area contributed by atoms with Crippen LogP contribution in [0.2, 0.25) is 0 Å². The molecule has 2 heterocycles. The summed E-state index contributed by atoms with van der Waals surface area (Å²) in [6.07, 6.45) is 2.47. The van der Waals surface area contributed by atoms with Gasteiger partial charge in [-0.2, -0.15) is 5.10 Å². The molecule has 174 valence electrons. The number of aromatic nitrogens is 2. The molecule has 3 aromatic rings. The molecule has 2 aromatic carbocycles. The molecule has 33 heavy (non-hydrogen) atoms. The molecule has 1 aliphatic heterocycles. The Kier molecular flexibility index (Phi) is 6.99. The summed E-state index contributed by atoms with van der Waals surface area (Å²) in [5.74, 6) is 1.20. The van der Waals surface area contributed by atoms with Crippen LogP contribution in [0.1, 0.15) is 34.5 Å². The van der Waals surface area contributed by atoms with E-state index >= 15 is 0 Å². The normalized spacial score (nSPS) is 13.8. The Hall–Kier alpha value is -3.32. The third-order valence-corrected chi connectivity index (χ3v) is 6.13. The van der Waals surface area contributed by atoms with Crippen molar-refractivity contribution in [1.29, 1.82) is 0 Å². The Labute approximate surface area is 195 Å². The predicted octanol–water partition coefficient (Wildman–Crippen LogP) is 4.00. The second-order valence-electron chi connectivity index (χ2n) is 8.49. The van der Waals surface area contributed by atoms with Gasteiger partial charge in [0.2, 0.25) is 0 Å². The number of nitrogens with zero attached hydrogens (tertiary/aromatic N) is 3. The lowest BCUT2D eigenvalue weighted by atomic mass is 10.1. The Morgan fingerprint density at radius 1 is 1.03 bits per heavy atom. The molecule has 0 aliphatic carbocycles. The van der Waals surface area contributed by atoms with Crippen molar-refractivity contribution in [3.63, 3.8) is 0 Å². The summed E-state index contributed by atoms with van der Waals surface area (Å²) >= 11 is 0. The topological polar surface area (TPSA) is 68.6 Å². The van der Waals surface area contributed by atoms with Crippen LogP contribution in [-0.4, -0.2) is 61.0 Å². The van der Waals surface area contributed by atoms with Gasteiger partial charge in [0.15, 0.2) is 0 Å². The van der Waals surface area contributed by atoms with Crippen LogP contribution in [0.15, 0.2) is 42.5 Å². The number of carbonyl (C=O) groups is 1. The highest BCUT2D eigenvalue weighted by molar-refractivity contribution is 5.94. The van der Waals surface area contributed by atoms with E-state index < -0.39 is 0 Å². The first-order valence-electron chi connectivity index (χ1n) is 11.4. The maximum Gasteiger partial charge on any atom is 0.270 e. The summed E-state index contributed by atoms with van der Waals surface area (Å²) in [4.78, 5) is 15.7. The molecule has 1 N–H and O–H groups in total. The van der Waals surface area contributed by atoms with E-state index in [1.54, 1.807) is 18.9 Å². The van der Waals surface area contributed by atoms with Crippen LogP contribution in [0, 0.1) is 13.8 Å². The monoisotopic (exact) mass is 448 g/mol. The van der Waals surface area contributed by atoms with Gasteiger partial charge in [0.1, 0.15) is 17.2 Å². The molecule has 0 unspecified atom stereocenters. The number of nitrogens with one attached hydrogen (secondary N) is 1. The highest BCUT2D eigenvalue weighted by atomic mass is 16.5. The third-order valence-electron chi connectivity index (χ3n) is 6.13. The minimum atomic E-state index is -0.138. The number of hydrogen-bond acceptors (Lipinski definition) is 5. The summed E-state index contributed by atoms with van der Waals surface area (Å²) < 4.78 is 12.7. The Morgan fingerprint density at radius 3 is 2.55 bits per heavy atom. The number of benzene rings is 2. The van der Waals surface area contributed by atoms with Crippen LogP contribution in [0.3, 0.4) is 0 Å². The van der Waals surface area contributed by atoms with Crippen LogP contribution >= 0.6 is 0 Å². The first-order valence-corrected chi connectivity index (χ1v) is 11.4. The molecule has 0 bridgehead atoms. The number of rotatable bonds is 8. The van der Waals surface area contributed by atoms with Crippen molar-refractivity contribution in [2.75, 3.05) is 40.4 Å². The second-order valence-corrected chi connectivity index (χ2v) is 8.49. The van der Waals surface area contributed by atoms with E-state index in [1.807, 2.05) is 38.1 Å². The number of aryl methyl sites for hydroxylation is 2. The van der Waals surface area contributed by atoms with E-state index in [9.17, 15) is 4.79 Å². The van der Waals surface area contributed by atoms with Crippen LogP contribution in [-0.2, 0) is 0 Å². The molecule has 0 saturated carbocycles. The fraction of sp³-hybridized carbons (Fsp3) is 0.385. The number of ether oxygens (including phenoxy) is 2. The van der Waals surface area contributed by atoms with Gasteiger partial charge < -0.3 is 19.7 Å². The molecular weight excluding hydrogens is 416 g/mol. The number of methoxy groups -OCH3 is 2. The molecule has 1 aromatic heterocycles. The summed E-state index contributed by atoms with van der Waals surface area (Å²) in [7, 11) is 3.24. The van der Waals surface area contributed by atoms with Crippen molar-refractivity contribution in [2.45, 2.75) is 26.7 Å². The number of carbonyl (C=O) groups excluding carboxylic acids is 1. The zero-order valence-electron chi connectivity index (χ0n) is 19.9. The van der Waals surface area contributed by atoms with E-state index in [0.717, 1.165) is 42.0 Å². The van der Waals surface area contributed by atoms with E-state index in [-0.39, 0.29) is 5.91 Å². The van der Waals surface area contributed by atoms with Crippen LogP contribution in [0.5, 0.6) is 11.5 Å². The number of amides is 1. The second kappa shape index (κ2) is 10.1. The molecule has 4 rings (SSSR count).